The Hall–Kier alpha value is -2.51. The SMILES string of the molecule is COc1cc(OC)c(NC(=O)/C=C/c2c(C)nc3sc(C)cn23)cc1Cl. The van der Waals surface area contributed by atoms with Gasteiger partial charge in [0.25, 0.3) is 0 Å². The van der Waals surface area contributed by atoms with E-state index in [4.69, 9.17) is 21.1 Å². The van der Waals surface area contributed by atoms with E-state index in [9.17, 15) is 4.79 Å². The highest BCUT2D eigenvalue weighted by Gasteiger charge is 2.12. The van der Waals surface area contributed by atoms with Gasteiger partial charge in [0.2, 0.25) is 5.91 Å². The van der Waals surface area contributed by atoms with Crippen molar-refractivity contribution in [1.82, 2.24) is 9.38 Å². The average Bonchev–Trinajstić information content (AvgIpc) is 3.08. The molecule has 3 aromatic rings. The van der Waals surface area contributed by atoms with Crippen LogP contribution in [0, 0.1) is 13.8 Å². The zero-order valence-corrected chi connectivity index (χ0v) is 16.4. The quantitative estimate of drug-likeness (QED) is 0.657. The van der Waals surface area contributed by atoms with E-state index >= 15 is 0 Å². The Morgan fingerprint density at radius 3 is 2.69 bits per heavy atom. The zero-order valence-electron chi connectivity index (χ0n) is 14.8. The lowest BCUT2D eigenvalue weighted by Gasteiger charge is -2.12. The molecule has 8 heteroatoms. The number of nitrogens with one attached hydrogen (secondary N) is 1. The summed E-state index contributed by atoms with van der Waals surface area (Å²) in [6.45, 7) is 3.94. The van der Waals surface area contributed by atoms with Crippen molar-refractivity contribution < 1.29 is 14.3 Å². The van der Waals surface area contributed by atoms with Crippen LogP contribution in [0.3, 0.4) is 0 Å². The minimum atomic E-state index is -0.300. The highest BCUT2D eigenvalue weighted by atomic mass is 35.5. The maximum absolute atomic E-state index is 12.3. The number of benzene rings is 1. The number of carbonyl (C=O) groups excluding carboxylic acids is 1. The van der Waals surface area contributed by atoms with Gasteiger partial charge in [0.1, 0.15) is 11.5 Å². The van der Waals surface area contributed by atoms with Crippen molar-refractivity contribution in [2.75, 3.05) is 19.5 Å². The van der Waals surface area contributed by atoms with Gasteiger partial charge in [-0.2, -0.15) is 0 Å². The second kappa shape index (κ2) is 7.39. The zero-order chi connectivity index (χ0) is 18.8. The summed E-state index contributed by atoms with van der Waals surface area (Å²) in [5.41, 5.74) is 2.21. The number of methoxy groups -OCH3 is 2. The van der Waals surface area contributed by atoms with E-state index in [-0.39, 0.29) is 5.91 Å². The van der Waals surface area contributed by atoms with Crippen LogP contribution in [0.25, 0.3) is 11.0 Å². The highest BCUT2D eigenvalue weighted by Crippen LogP contribution is 2.35. The number of halogens is 1. The predicted molar refractivity (Wildman–Crippen MR) is 105 cm³/mol. The average molecular weight is 392 g/mol. The molecule has 2 aromatic heterocycles. The summed E-state index contributed by atoms with van der Waals surface area (Å²) >= 11 is 7.74. The van der Waals surface area contributed by atoms with Crippen LogP contribution in [0.1, 0.15) is 16.3 Å². The maximum Gasteiger partial charge on any atom is 0.248 e. The molecule has 0 saturated heterocycles. The van der Waals surface area contributed by atoms with Gasteiger partial charge < -0.3 is 14.8 Å². The summed E-state index contributed by atoms with van der Waals surface area (Å²) in [7, 11) is 3.03. The number of anilines is 1. The van der Waals surface area contributed by atoms with Crippen molar-refractivity contribution >= 4 is 45.6 Å². The molecule has 0 spiro atoms. The van der Waals surface area contributed by atoms with Crippen molar-refractivity contribution in [2.45, 2.75) is 13.8 Å². The van der Waals surface area contributed by atoms with E-state index < -0.39 is 0 Å². The molecule has 0 aliphatic carbocycles. The summed E-state index contributed by atoms with van der Waals surface area (Å²) in [6, 6.07) is 3.22. The number of imidazole rings is 1. The lowest BCUT2D eigenvalue weighted by molar-refractivity contribution is -0.111. The van der Waals surface area contributed by atoms with Gasteiger partial charge >= 0.3 is 0 Å². The summed E-state index contributed by atoms with van der Waals surface area (Å²) in [5, 5.41) is 3.15. The minimum Gasteiger partial charge on any atom is -0.495 e. The molecule has 0 fully saturated rings. The van der Waals surface area contributed by atoms with Crippen LogP contribution in [0.2, 0.25) is 5.02 Å². The summed E-state index contributed by atoms with van der Waals surface area (Å²) in [4.78, 5) is 18.9. The van der Waals surface area contributed by atoms with Crippen molar-refractivity contribution in [3.63, 3.8) is 0 Å². The number of ether oxygens (including phenoxy) is 2. The molecule has 2 heterocycles. The van der Waals surface area contributed by atoms with Crippen molar-refractivity contribution in [2.24, 2.45) is 0 Å². The first-order valence-electron chi connectivity index (χ1n) is 7.78. The van der Waals surface area contributed by atoms with Crippen LogP contribution in [-0.2, 0) is 4.79 Å². The fourth-order valence-electron chi connectivity index (χ4n) is 2.57. The molecule has 0 aliphatic rings. The second-order valence-electron chi connectivity index (χ2n) is 5.59. The molecule has 26 heavy (non-hydrogen) atoms. The maximum atomic E-state index is 12.3. The number of hydrogen-bond acceptors (Lipinski definition) is 5. The molecule has 1 aromatic carbocycles. The lowest BCUT2D eigenvalue weighted by Crippen LogP contribution is -2.09. The molecule has 0 saturated carbocycles. The molecule has 1 amide bonds. The molecule has 6 nitrogen and oxygen atoms in total. The fraction of sp³-hybridized carbons (Fsp3) is 0.222. The predicted octanol–water partition coefficient (Wildman–Crippen LogP) is 4.34. The summed E-state index contributed by atoms with van der Waals surface area (Å²) < 4.78 is 12.4. The lowest BCUT2D eigenvalue weighted by atomic mass is 10.2. The van der Waals surface area contributed by atoms with Gasteiger partial charge in [0.05, 0.1) is 36.3 Å². The van der Waals surface area contributed by atoms with E-state index in [1.54, 1.807) is 29.5 Å². The van der Waals surface area contributed by atoms with Crippen LogP contribution >= 0.6 is 22.9 Å². The van der Waals surface area contributed by atoms with E-state index in [2.05, 4.69) is 10.3 Å². The first kappa shape index (κ1) is 18.3. The highest BCUT2D eigenvalue weighted by molar-refractivity contribution is 7.17. The second-order valence-corrected chi connectivity index (χ2v) is 7.21. The Bertz CT molecular complexity index is 1010. The van der Waals surface area contributed by atoms with Gasteiger partial charge in [-0.05, 0) is 26.0 Å². The molecule has 0 bridgehead atoms. The third-order valence-electron chi connectivity index (χ3n) is 3.79. The minimum absolute atomic E-state index is 0.300. The molecular formula is C18H18ClN3O3S. The summed E-state index contributed by atoms with van der Waals surface area (Å²) in [6.07, 6.45) is 5.21. The van der Waals surface area contributed by atoms with Gasteiger partial charge in [0.15, 0.2) is 4.96 Å². The van der Waals surface area contributed by atoms with Crippen LogP contribution in [-0.4, -0.2) is 29.5 Å². The van der Waals surface area contributed by atoms with Crippen LogP contribution in [0.5, 0.6) is 11.5 Å². The molecule has 0 aliphatic heterocycles. The molecule has 0 atom stereocenters. The normalized spacial score (nSPS) is 11.3. The van der Waals surface area contributed by atoms with E-state index in [0.717, 1.165) is 21.2 Å². The van der Waals surface area contributed by atoms with E-state index in [0.29, 0.717) is 22.2 Å². The number of amides is 1. The van der Waals surface area contributed by atoms with Gasteiger partial charge in [-0.25, -0.2) is 4.98 Å². The van der Waals surface area contributed by atoms with Gasteiger partial charge in [0, 0.05) is 23.2 Å². The molecule has 0 radical (unpaired) electrons. The first-order chi connectivity index (χ1) is 12.4. The smallest absolute Gasteiger partial charge is 0.248 e. The third-order valence-corrected chi connectivity index (χ3v) is 4.98. The Morgan fingerprint density at radius 1 is 1.27 bits per heavy atom. The number of hydrogen-bond donors (Lipinski definition) is 1. The van der Waals surface area contributed by atoms with E-state index in [1.165, 1.54) is 20.3 Å². The van der Waals surface area contributed by atoms with E-state index in [1.807, 2.05) is 24.4 Å². The Morgan fingerprint density at radius 2 is 2.00 bits per heavy atom. The third kappa shape index (κ3) is 3.54. The number of fused-ring (bicyclic) bond motifs is 1. The largest absolute Gasteiger partial charge is 0.495 e. The fourth-order valence-corrected chi connectivity index (χ4v) is 3.69. The van der Waals surface area contributed by atoms with Crippen molar-refractivity contribution in [1.29, 1.82) is 0 Å². The van der Waals surface area contributed by atoms with Crippen molar-refractivity contribution in [3.05, 3.63) is 45.7 Å². The van der Waals surface area contributed by atoms with Crippen molar-refractivity contribution in [3.8, 4) is 11.5 Å². The number of aromatic nitrogens is 2. The van der Waals surface area contributed by atoms with Gasteiger partial charge in [-0.3, -0.25) is 9.20 Å². The molecule has 136 valence electrons. The van der Waals surface area contributed by atoms with Crippen LogP contribution < -0.4 is 14.8 Å². The number of thiazole rings is 1. The summed E-state index contributed by atoms with van der Waals surface area (Å²) in [5.74, 6) is 0.636. The first-order valence-corrected chi connectivity index (χ1v) is 8.98. The Balaban J connectivity index is 1.83. The topological polar surface area (TPSA) is 64.9 Å². The Kier molecular flexibility index (Phi) is 5.20. The molecule has 0 unspecified atom stereocenters. The monoisotopic (exact) mass is 391 g/mol. The van der Waals surface area contributed by atoms with Gasteiger partial charge in [-0.1, -0.05) is 11.6 Å². The number of nitrogens with zero attached hydrogens (tertiary/aromatic N) is 2. The van der Waals surface area contributed by atoms with Crippen LogP contribution in [0.15, 0.2) is 24.4 Å². The molecule has 3 rings (SSSR count). The van der Waals surface area contributed by atoms with Crippen LogP contribution in [0.4, 0.5) is 5.69 Å². The number of aryl methyl sites for hydroxylation is 2. The molecular weight excluding hydrogens is 374 g/mol. The number of carbonyl (C=O) groups is 1. The number of rotatable bonds is 5. The molecule has 1 N–H and O–H groups in total. The standard InChI is InChI=1S/C18H18ClN3O3S/c1-10-9-22-14(11(2)20-18(22)26-10)5-6-17(23)21-13-7-12(19)15(24-3)8-16(13)25-4/h5-9H,1-4H3,(H,21,23)/b6-5+. The van der Waals surface area contributed by atoms with Gasteiger partial charge in [-0.15, -0.1) is 11.3 Å². The Labute approximate surface area is 160 Å².